The topological polar surface area (TPSA) is 40.1 Å². The third-order valence-corrected chi connectivity index (χ3v) is 8.96. The van der Waals surface area contributed by atoms with Crippen LogP contribution in [0.2, 0.25) is 0 Å². The highest BCUT2D eigenvalue weighted by Gasteiger charge is 2.22. The summed E-state index contributed by atoms with van der Waals surface area (Å²) >= 11 is 0. The molecule has 10 rings (SSSR count). The summed E-state index contributed by atoms with van der Waals surface area (Å²) in [5.74, 6) is 0. The first kappa shape index (κ1) is 22.7. The fourth-order valence-electron chi connectivity index (χ4n) is 7.20. The Morgan fingerprint density at radius 3 is 1.95 bits per heavy atom. The molecule has 0 amide bonds. The van der Waals surface area contributed by atoms with Crippen molar-refractivity contribution < 1.29 is 0 Å². The van der Waals surface area contributed by atoms with E-state index in [2.05, 4.69) is 140 Å². The predicted octanol–water partition coefficient (Wildman–Crippen LogP) is 9.23. The number of fused-ring (bicyclic) bond motifs is 13. The molecule has 5 heterocycles. The second-order valence-electron chi connectivity index (χ2n) is 11.1. The average Bonchev–Trinajstić information content (AvgIpc) is 3.77. The van der Waals surface area contributed by atoms with E-state index in [0.29, 0.717) is 0 Å². The van der Waals surface area contributed by atoms with E-state index >= 15 is 0 Å². The minimum absolute atomic E-state index is 0.947. The zero-order valence-corrected chi connectivity index (χ0v) is 23.0. The second kappa shape index (κ2) is 8.30. The molecule has 5 heteroatoms. The van der Waals surface area contributed by atoms with E-state index in [-0.39, 0.29) is 0 Å². The van der Waals surface area contributed by atoms with Crippen molar-refractivity contribution in [2.75, 3.05) is 0 Å². The van der Waals surface area contributed by atoms with E-state index in [1.165, 1.54) is 38.1 Å². The van der Waals surface area contributed by atoms with Gasteiger partial charge in [0.25, 0.3) is 0 Å². The number of rotatable bonds is 2. The van der Waals surface area contributed by atoms with Crippen molar-refractivity contribution in [1.29, 1.82) is 0 Å². The molecule has 5 aromatic heterocycles. The lowest BCUT2D eigenvalue weighted by Gasteiger charge is -2.12. The summed E-state index contributed by atoms with van der Waals surface area (Å²) in [6, 6.07) is 41.4. The molecule has 0 spiro atoms. The van der Waals surface area contributed by atoms with E-state index in [1.54, 1.807) is 0 Å². The molecule has 5 nitrogen and oxygen atoms in total. The Hall–Kier alpha value is -5.94. The van der Waals surface area contributed by atoms with Gasteiger partial charge in [-0.3, -0.25) is 9.38 Å². The van der Waals surface area contributed by atoms with Crippen LogP contribution in [0.1, 0.15) is 0 Å². The summed E-state index contributed by atoms with van der Waals surface area (Å²) < 4.78 is 7.01. The smallest absolute Gasteiger partial charge is 0.147 e. The molecule has 200 valence electrons. The molecular formula is C38H23N5. The van der Waals surface area contributed by atoms with E-state index in [1.807, 2.05) is 18.6 Å². The Bertz CT molecular complexity index is 2710. The molecule has 0 aliphatic heterocycles. The van der Waals surface area contributed by atoms with Crippen LogP contribution in [0.15, 0.2) is 140 Å². The van der Waals surface area contributed by atoms with Gasteiger partial charge in [0.1, 0.15) is 5.65 Å². The zero-order chi connectivity index (χ0) is 28.1. The molecule has 43 heavy (non-hydrogen) atoms. The van der Waals surface area contributed by atoms with Gasteiger partial charge in [0.2, 0.25) is 0 Å². The third-order valence-electron chi connectivity index (χ3n) is 8.96. The molecule has 0 bridgehead atoms. The van der Waals surface area contributed by atoms with Crippen molar-refractivity contribution in [3.05, 3.63) is 140 Å². The SMILES string of the molecule is c1ccc(-n2c3ccccc3c3cc4c(cc32)c2ccc3c5cnccc5n5ccnc5c3c2n4-c2ccccc2)cc1. The maximum absolute atomic E-state index is 4.92. The summed E-state index contributed by atoms with van der Waals surface area (Å²) in [4.78, 5) is 9.43. The molecule has 5 aromatic carbocycles. The highest BCUT2D eigenvalue weighted by molar-refractivity contribution is 6.28. The summed E-state index contributed by atoms with van der Waals surface area (Å²) in [6.07, 6.45) is 7.77. The summed E-state index contributed by atoms with van der Waals surface area (Å²) in [5.41, 5.74) is 9.06. The first-order valence-corrected chi connectivity index (χ1v) is 14.5. The predicted molar refractivity (Wildman–Crippen MR) is 177 cm³/mol. The lowest BCUT2D eigenvalue weighted by atomic mass is 10.0. The average molecular weight is 550 g/mol. The number of nitrogens with zero attached hydrogens (tertiary/aromatic N) is 5. The summed E-state index contributed by atoms with van der Waals surface area (Å²) in [6.45, 7) is 0. The normalized spacial score (nSPS) is 12.2. The lowest BCUT2D eigenvalue weighted by Crippen LogP contribution is -1.97. The van der Waals surface area contributed by atoms with Gasteiger partial charge in [0.05, 0.1) is 33.0 Å². The monoisotopic (exact) mass is 549 g/mol. The van der Waals surface area contributed by atoms with Crippen molar-refractivity contribution in [1.82, 2.24) is 23.5 Å². The van der Waals surface area contributed by atoms with Gasteiger partial charge < -0.3 is 9.13 Å². The molecule has 0 aliphatic carbocycles. The van der Waals surface area contributed by atoms with Gasteiger partial charge in [-0.2, -0.15) is 0 Å². The molecule has 0 N–H and O–H groups in total. The van der Waals surface area contributed by atoms with Gasteiger partial charge in [0, 0.05) is 63.1 Å². The van der Waals surface area contributed by atoms with Crippen LogP contribution in [0.5, 0.6) is 0 Å². The Morgan fingerprint density at radius 2 is 1.14 bits per heavy atom. The second-order valence-corrected chi connectivity index (χ2v) is 11.1. The highest BCUT2D eigenvalue weighted by atomic mass is 15.0. The lowest BCUT2D eigenvalue weighted by molar-refractivity contribution is 1.18. The molecule has 10 aromatic rings. The van der Waals surface area contributed by atoms with Gasteiger partial charge in [-0.05, 0) is 53.9 Å². The first-order chi connectivity index (χ1) is 21.4. The number of para-hydroxylation sites is 3. The third kappa shape index (κ3) is 2.95. The van der Waals surface area contributed by atoms with Crippen LogP contribution in [-0.4, -0.2) is 23.5 Å². The number of pyridine rings is 2. The minimum Gasteiger partial charge on any atom is -0.309 e. The van der Waals surface area contributed by atoms with E-state index in [9.17, 15) is 0 Å². The highest BCUT2D eigenvalue weighted by Crippen LogP contribution is 2.43. The fourth-order valence-corrected chi connectivity index (χ4v) is 7.20. The van der Waals surface area contributed by atoms with Gasteiger partial charge in [0.15, 0.2) is 0 Å². The van der Waals surface area contributed by atoms with E-state index in [0.717, 1.165) is 44.2 Å². The van der Waals surface area contributed by atoms with E-state index in [4.69, 9.17) is 4.98 Å². The van der Waals surface area contributed by atoms with Gasteiger partial charge in [-0.25, -0.2) is 4.98 Å². The summed E-state index contributed by atoms with van der Waals surface area (Å²) in [7, 11) is 0. The minimum atomic E-state index is 0.947. The summed E-state index contributed by atoms with van der Waals surface area (Å²) in [5, 5.41) is 8.28. The van der Waals surface area contributed by atoms with Gasteiger partial charge in [-0.1, -0.05) is 66.7 Å². The Kier molecular flexibility index (Phi) is 4.39. The van der Waals surface area contributed by atoms with Crippen molar-refractivity contribution in [3.8, 4) is 11.4 Å². The molecular weight excluding hydrogens is 526 g/mol. The zero-order valence-electron chi connectivity index (χ0n) is 23.0. The number of hydrogen-bond donors (Lipinski definition) is 0. The Labute approximate surface area is 245 Å². The van der Waals surface area contributed by atoms with Crippen LogP contribution in [0.4, 0.5) is 0 Å². The van der Waals surface area contributed by atoms with Crippen LogP contribution < -0.4 is 0 Å². The Morgan fingerprint density at radius 1 is 0.465 bits per heavy atom. The molecule has 0 fully saturated rings. The molecule has 0 aliphatic rings. The number of aromatic nitrogens is 5. The van der Waals surface area contributed by atoms with Gasteiger partial charge >= 0.3 is 0 Å². The van der Waals surface area contributed by atoms with Crippen LogP contribution >= 0.6 is 0 Å². The molecule has 0 atom stereocenters. The van der Waals surface area contributed by atoms with Crippen molar-refractivity contribution in [2.24, 2.45) is 0 Å². The van der Waals surface area contributed by atoms with Crippen molar-refractivity contribution in [2.45, 2.75) is 0 Å². The Balaban J connectivity index is 1.48. The van der Waals surface area contributed by atoms with Crippen LogP contribution in [0.3, 0.4) is 0 Å². The maximum atomic E-state index is 4.92. The first-order valence-electron chi connectivity index (χ1n) is 14.5. The largest absolute Gasteiger partial charge is 0.309 e. The number of benzene rings is 5. The van der Waals surface area contributed by atoms with Crippen LogP contribution in [-0.2, 0) is 0 Å². The molecule has 0 saturated heterocycles. The molecule has 0 radical (unpaired) electrons. The van der Waals surface area contributed by atoms with Crippen LogP contribution in [0, 0.1) is 0 Å². The van der Waals surface area contributed by atoms with Crippen molar-refractivity contribution in [3.63, 3.8) is 0 Å². The van der Waals surface area contributed by atoms with Gasteiger partial charge in [-0.15, -0.1) is 0 Å². The standard InChI is InChI=1S/C38H23N5/c1-3-9-24(10-4-1)42-33-14-8-7-13-26(33)29-21-35-30(22-34(29)42)28-16-15-27-31-23-39-18-17-32(31)41-20-19-40-38(41)36(27)37(28)43(35)25-11-5-2-6-12-25/h1-23H. The van der Waals surface area contributed by atoms with Crippen molar-refractivity contribution >= 4 is 70.9 Å². The quantitative estimate of drug-likeness (QED) is 0.202. The van der Waals surface area contributed by atoms with Crippen LogP contribution in [0.25, 0.3) is 82.3 Å². The molecule has 0 unspecified atom stereocenters. The number of imidazole rings is 1. The number of hydrogen-bond acceptors (Lipinski definition) is 2. The molecule has 0 saturated carbocycles. The van der Waals surface area contributed by atoms with E-state index < -0.39 is 0 Å². The maximum Gasteiger partial charge on any atom is 0.147 e. The fraction of sp³-hybridized carbons (Fsp3) is 0.